The molecule has 0 saturated carbocycles. The first-order chi connectivity index (χ1) is 14.1. The van der Waals surface area contributed by atoms with Gasteiger partial charge in [-0.2, -0.15) is 0 Å². The molecule has 0 aliphatic rings. The van der Waals surface area contributed by atoms with Crippen molar-refractivity contribution in [3.63, 3.8) is 0 Å². The fraction of sp³-hybridized carbons (Fsp3) is 0.913. The zero-order chi connectivity index (χ0) is 21.8. The first kappa shape index (κ1) is 27.9. The second-order valence-electron chi connectivity index (χ2n) is 8.48. The van der Waals surface area contributed by atoms with E-state index in [0.29, 0.717) is 12.8 Å². The van der Waals surface area contributed by atoms with Gasteiger partial charge in [0.25, 0.3) is 0 Å². The molecule has 0 rings (SSSR count). The number of nitrogens with one attached hydrogen (secondary N) is 2. The summed E-state index contributed by atoms with van der Waals surface area (Å²) in [5, 5.41) is 0. The SMILES string of the molecule is CCCCCCCCCCC(CCCCCCCCCC)(C(=O)NN)C(=O)NN. The highest BCUT2D eigenvalue weighted by atomic mass is 16.2. The van der Waals surface area contributed by atoms with Crippen molar-refractivity contribution in [1.29, 1.82) is 0 Å². The van der Waals surface area contributed by atoms with E-state index >= 15 is 0 Å². The topological polar surface area (TPSA) is 110 Å². The number of carbonyl (C=O) groups excluding carboxylic acids is 2. The van der Waals surface area contributed by atoms with Gasteiger partial charge in [-0.3, -0.25) is 20.4 Å². The number of hydrogen-bond acceptors (Lipinski definition) is 4. The van der Waals surface area contributed by atoms with Crippen molar-refractivity contribution in [2.75, 3.05) is 0 Å². The van der Waals surface area contributed by atoms with E-state index in [1.807, 2.05) is 0 Å². The monoisotopic (exact) mass is 412 g/mol. The summed E-state index contributed by atoms with van der Waals surface area (Å²) in [4.78, 5) is 25.1. The average Bonchev–Trinajstić information content (AvgIpc) is 2.74. The molecule has 0 aliphatic heterocycles. The Kier molecular flexibility index (Phi) is 18.1. The maximum Gasteiger partial charge on any atom is 0.249 e. The quantitative estimate of drug-likeness (QED) is 0.0740. The van der Waals surface area contributed by atoms with Crippen molar-refractivity contribution in [3.05, 3.63) is 0 Å². The van der Waals surface area contributed by atoms with Gasteiger partial charge in [0.05, 0.1) is 0 Å². The zero-order valence-corrected chi connectivity index (χ0v) is 19.2. The molecule has 0 aromatic carbocycles. The van der Waals surface area contributed by atoms with Gasteiger partial charge in [-0.05, 0) is 12.8 Å². The number of hydrogen-bond donors (Lipinski definition) is 4. The Morgan fingerprint density at radius 1 is 0.552 bits per heavy atom. The molecule has 6 heteroatoms. The highest BCUT2D eigenvalue weighted by Crippen LogP contribution is 2.33. The van der Waals surface area contributed by atoms with Crippen molar-refractivity contribution >= 4 is 11.8 Å². The zero-order valence-electron chi connectivity index (χ0n) is 19.2. The first-order valence-electron chi connectivity index (χ1n) is 12.1. The molecule has 0 atom stereocenters. The number of rotatable bonds is 20. The van der Waals surface area contributed by atoms with Gasteiger partial charge >= 0.3 is 0 Å². The van der Waals surface area contributed by atoms with Crippen LogP contribution in [0.3, 0.4) is 0 Å². The van der Waals surface area contributed by atoms with Gasteiger partial charge in [0, 0.05) is 0 Å². The predicted octanol–water partition coefficient (Wildman–Crippen LogP) is 5.01. The van der Waals surface area contributed by atoms with E-state index in [0.717, 1.165) is 38.5 Å². The van der Waals surface area contributed by atoms with Crippen LogP contribution < -0.4 is 22.5 Å². The second-order valence-corrected chi connectivity index (χ2v) is 8.48. The molecular formula is C23H48N4O2. The van der Waals surface area contributed by atoms with Crippen LogP contribution in [0.15, 0.2) is 0 Å². The molecule has 0 aromatic heterocycles. The Bertz CT molecular complexity index is 378. The second kappa shape index (κ2) is 18.9. The average molecular weight is 413 g/mol. The summed E-state index contributed by atoms with van der Waals surface area (Å²) in [7, 11) is 0. The molecule has 0 bridgehead atoms. The normalized spacial score (nSPS) is 11.4. The molecule has 0 unspecified atom stereocenters. The van der Waals surface area contributed by atoms with Gasteiger partial charge in [0.1, 0.15) is 5.41 Å². The first-order valence-corrected chi connectivity index (χ1v) is 12.1. The van der Waals surface area contributed by atoms with E-state index in [1.54, 1.807) is 0 Å². The van der Waals surface area contributed by atoms with Crippen LogP contribution >= 0.6 is 0 Å². The fourth-order valence-corrected chi connectivity index (χ4v) is 4.08. The van der Waals surface area contributed by atoms with E-state index in [1.165, 1.54) is 64.2 Å². The molecule has 2 amide bonds. The summed E-state index contributed by atoms with van der Waals surface area (Å²) in [5.74, 6) is 10.0. The standard InChI is InChI=1S/C23H48N4O2/c1-3-5-7-9-11-13-15-17-19-23(21(28)26-24,22(29)27-25)20-18-16-14-12-10-8-6-4-2/h3-20,24-25H2,1-2H3,(H,26,28)(H,27,29). The predicted molar refractivity (Wildman–Crippen MR) is 122 cm³/mol. The lowest BCUT2D eigenvalue weighted by molar-refractivity contribution is -0.145. The molecular weight excluding hydrogens is 364 g/mol. The molecule has 0 fully saturated rings. The Hall–Kier alpha value is -1.14. The van der Waals surface area contributed by atoms with Gasteiger partial charge in [-0.15, -0.1) is 0 Å². The molecule has 6 nitrogen and oxygen atoms in total. The fourth-order valence-electron chi connectivity index (χ4n) is 4.08. The van der Waals surface area contributed by atoms with Gasteiger partial charge in [-0.25, -0.2) is 11.7 Å². The minimum atomic E-state index is -1.14. The number of hydrazine groups is 2. The Morgan fingerprint density at radius 3 is 1.10 bits per heavy atom. The molecule has 172 valence electrons. The van der Waals surface area contributed by atoms with Crippen molar-refractivity contribution in [2.45, 2.75) is 129 Å². The molecule has 0 aromatic rings. The summed E-state index contributed by atoms with van der Waals surface area (Å²) >= 11 is 0. The lowest BCUT2D eigenvalue weighted by atomic mass is 9.76. The van der Waals surface area contributed by atoms with Crippen molar-refractivity contribution in [2.24, 2.45) is 17.1 Å². The van der Waals surface area contributed by atoms with Crippen molar-refractivity contribution in [1.82, 2.24) is 10.9 Å². The highest BCUT2D eigenvalue weighted by molar-refractivity contribution is 6.04. The summed E-state index contributed by atoms with van der Waals surface area (Å²) in [6.45, 7) is 4.44. The van der Waals surface area contributed by atoms with Crippen LogP contribution in [0.1, 0.15) is 129 Å². The Balaban J connectivity index is 4.46. The highest BCUT2D eigenvalue weighted by Gasteiger charge is 2.44. The van der Waals surface area contributed by atoms with Crippen LogP contribution in [-0.2, 0) is 9.59 Å². The van der Waals surface area contributed by atoms with Crippen LogP contribution in [-0.4, -0.2) is 11.8 Å². The molecule has 0 aliphatic carbocycles. The van der Waals surface area contributed by atoms with E-state index in [2.05, 4.69) is 24.7 Å². The van der Waals surface area contributed by atoms with Crippen molar-refractivity contribution in [3.8, 4) is 0 Å². The van der Waals surface area contributed by atoms with Gasteiger partial charge < -0.3 is 0 Å². The van der Waals surface area contributed by atoms with Crippen LogP contribution in [0.4, 0.5) is 0 Å². The smallest absolute Gasteiger partial charge is 0.249 e. The van der Waals surface area contributed by atoms with Crippen LogP contribution in [0.2, 0.25) is 0 Å². The summed E-state index contributed by atoms with van der Waals surface area (Å²) in [5.41, 5.74) is 3.29. The van der Waals surface area contributed by atoms with E-state index < -0.39 is 17.2 Å². The van der Waals surface area contributed by atoms with Crippen LogP contribution in [0.5, 0.6) is 0 Å². The molecule has 0 radical (unpaired) electrons. The van der Waals surface area contributed by atoms with Gasteiger partial charge in [-0.1, -0.05) is 117 Å². The number of unbranched alkanes of at least 4 members (excludes halogenated alkanes) is 14. The van der Waals surface area contributed by atoms with Gasteiger partial charge in [0.2, 0.25) is 11.8 Å². The minimum absolute atomic E-state index is 0.411. The van der Waals surface area contributed by atoms with E-state index in [9.17, 15) is 9.59 Å². The van der Waals surface area contributed by atoms with Gasteiger partial charge in [0.15, 0.2) is 0 Å². The maximum atomic E-state index is 12.6. The summed E-state index contributed by atoms with van der Waals surface area (Å²) in [6, 6.07) is 0. The third-order valence-electron chi connectivity index (χ3n) is 6.05. The molecule has 6 N–H and O–H groups in total. The summed E-state index contributed by atoms with van der Waals surface area (Å²) < 4.78 is 0. The largest absolute Gasteiger partial charge is 0.293 e. The van der Waals surface area contributed by atoms with E-state index in [-0.39, 0.29) is 0 Å². The molecule has 0 heterocycles. The third kappa shape index (κ3) is 12.2. The van der Waals surface area contributed by atoms with Crippen LogP contribution in [0, 0.1) is 5.41 Å². The number of amides is 2. The number of carbonyl (C=O) groups is 2. The van der Waals surface area contributed by atoms with Crippen molar-refractivity contribution < 1.29 is 9.59 Å². The lowest BCUT2D eigenvalue weighted by Gasteiger charge is -2.30. The lowest BCUT2D eigenvalue weighted by Crippen LogP contribution is -2.54. The minimum Gasteiger partial charge on any atom is -0.293 e. The summed E-state index contributed by atoms with van der Waals surface area (Å²) in [6.07, 6.45) is 19.7. The van der Waals surface area contributed by atoms with Crippen LogP contribution in [0.25, 0.3) is 0 Å². The van der Waals surface area contributed by atoms with E-state index in [4.69, 9.17) is 11.7 Å². The maximum absolute atomic E-state index is 12.6. The molecule has 0 spiro atoms. The molecule has 29 heavy (non-hydrogen) atoms. The number of nitrogens with two attached hydrogens (primary N) is 2. The Labute approximate surface area is 179 Å². The molecule has 0 saturated heterocycles. The Morgan fingerprint density at radius 2 is 0.828 bits per heavy atom. The third-order valence-corrected chi connectivity index (χ3v) is 6.05.